The predicted molar refractivity (Wildman–Crippen MR) is 126 cm³/mol. The second kappa shape index (κ2) is 9.27. The van der Waals surface area contributed by atoms with Gasteiger partial charge in [0.25, 0.3) is 5.91 Å². The topological polar surface area (TPSA) is 70.6 Å². The Hall–Kier alpha value is -2.95. The standard InChI is InChI=1S/C27H31N3O2/c31-26(20-7-2-1-3-8-20)28-17-18-10-12-21(13-11-18)27(32)30-25-16-23-22-9-5-4-6-19(22)14-15-24(23)29-25/h1-9,18,21,23-24H,10-17H2,(H,28,31)(H,29,30,32)/t18?,21?,23-,24+/m0/s1. The molecule has 1 aliphatic heterocycles. The average Bonchev–Trinajstić information content (AvgIpc) is 3.26. The Kier molecular flexibility index (Phi) is 6.06. The first-order chi connectivity index (χ1) is 15.7. The van der Waals surface area contributed by atoms with Gasteiger partial charge in [-0.05, 0) is 67.7 Å². The third-order valence-electron chi connectivity index (χ3n) is 7.44. The molecule has 32 heavy (non-hydrogen) atoms. The van der Waals surface area contributed by atoms with Gasteiger partial charge in [-0.3, -0.25) is 14.6 Å². The molecule has 5 heteroatoms. The smallest absolute Gasteiger partial charge is 0.251 e. The maximum absolute atomic E-state index is 12.9. The lowest BCUT2D eigenvalue weighted by Crippen LogP contribution is -2.38. The Balaban J connectivity index is 1.08. The third-order valence-corrected chi connectivity index (χ3v) is 7.44. The third kappa shape index (κ3) is 4.47. The molecule has 2 aromatic carbocycles. The monoisotopic (exact) mass is 429 g/mol. The SMILES string of the molecule is O=C(NCC1CCC(C(=O)NC2=N[C@@H]3CCc4ccccc4[C@@H]3C2)CC1)c1ccccc1. The number of hydrogen-bond acceptors (Lipinski definition) is 3. The zero-order valence-electron chi connectivity index (χ0n) is 18.4. The van der Waals surface area contributed by atoms with E-state index in [0.29, 0.717) is 30.0 Å². The zero-order chi connectivity index (χ0) is 21.9. The lowest BCUT2D eigenvalue weighted by molar-refractivity contribution is -0.124. The van der Waals surface area contributed by atoms with Crippen molar-refractivity contribution < 1.29 is 9.59 Å². The molecule has 5 nitrogen and oxygen atoms in total. The quantitative estimate of drug-likeness (QED) is 0.763. The van der Waals surface area contributed by atoms with Gasteiger partial charge in [0.1, 0.15) is 5.84 Å². The molecule has 3 aliphatic rings. The van der Waals surface area contributed by atoms with E-state index in [4.69, 9.17) is 4.99 Å². The number of aliphatic imine (C=N–C) groups is 1. The summed E-state index contributed by atoms with van der Waals surface area (Å²) in [6.07, 6.45) is 6.68. The van der Waals surface area contributed by atoms with Gasteiger partial charge in [0.2, 0.25) is 5.91 Å². The van der Waals surface area contributed by atoms with Crippen LogP contribution in [0.3, 0.4) is 0 Å². The van der Waals surface area contributed by atoms with Crippen molar-refractivity contribution in [2.24, 2.45) is 16.8 Å². The molecule has 2 aromatic rings. The van der Waals surface area contributed by atoms with Crippen LogP contribution in [0, 0.1) is 11.8 Å². The number of carbonyl (C=O) groups excluding carboxylic acids is 2. The molecule has 0 saturated heterocycles. The molecular formula is C27H31N3O2. The van der Waals surface area contributed by atoms with E-state index in [-0.39, 0.29) is 17.7 Å². The van der Waals surface area contributed by atoms with Crippen molar-refractivity contribution in [3.63, 3.8) is 0 Å². The number of amides is 2. The van der Waals surface area contributed by atoms with Crippen LogP contribution < -0.4 is 10.6 Å². The van der Waals surface area contributed by atoms with Crippen LogP contribution >= 0.6 is 0 Å². The minimum absolute atomic E-state index is 0.0206. The van der Waals surface area contributed by atoms with Crippen molar-refractivity contribution in [3.05, 3.63) is 71.3 Å². The van der Waals surface area contributed by atoms with Crippen LogP contribution in [-0.2, 0) is 11.2 Å². The van der Waals surface area contributed by atoms with Crippen LogP contribution in [0.2, 0.25) is 0 Å². The highest BCUT2D eigenvalue weighted by molar-refractivity contribution is 6.00. The second-order valence-corrected chi connectivity index (χ2v) is 9.47. The van der Waals surface area contributed by atoms with Gasteiger partial charge in [0, 0.05) is 30.4 Å². The molecule has 0 spiro atoms. The van der Waals surface area contributed by atoms with Crippen molar-refractivity contribution in [1.29, 1.82) is 0 Å². The van der Waals surface area contributed by atoms with E-state index in [1.807, 2.05) is 30.3 Å². The maximum atomic E-state index is 12.9. The number of carbonyl (C=O) groups is 2. The minimum Gasteiger partial charge on any atom is -0.352 e. The first-order valence-corrected chi connectivity index (χ1v) is 12.0. The van der Waals surface area contributed by atoms with Crippen LogP contribution in [-0.4, -0.2) is 30.2 Å². The van der Waals surface area contributed by atoms with Gasteiger partial charge in [-0.2, -0.15) is 0 Å². The van der Waals surface area contributed by atoms with Gasteiger partial charge in [0.05, 0.1) is 6.04 Å². The van der Waals surface area contributed by atoms with Crippen molar-refractivity contribution >= 4 is 17.6 Å². The number of rotatable bonds is 4. The number of benzene rings is 2. The van der Waals surface area contributed by atoms with Crippen LogP contribution in [0.5, 0.6) is 0 Å². The fourth-order valence-corrected chi connectivity index (χ4v) is 5.58. The number of amidine groups is 1. The molecule has 1 fully saturated rings. The van der Waals surface area contributed by atoms with Crippen molar-refractivity contribution in [2.75, 3.05) is 6.54 Å². The van der Waals surface area contributed by atoms with E-state index in [2.05, 4.69) is 34.9 Å². The lowest BCUT2D eigenvalue weighted by Gasteiger charge is -2.28. The largest absolute Gasteiger partial charge is 0.352 e. The summed E-state index contributed by atoms with van der Waals surface area (Å²) in [6, 6.07) is 18.3. The summed E-state index contributed by atoms with van der Waals surface area (Å²) in [7, 11) is 0. The summed E-state index contributed by atoms with van der Waals surface area (Å²) in [6.45, 7) is 0.678. The van der Waals surface area contributed by atoms with E-state index in [0.717, 1.165) is 50.8 Å². The molecule has 0 unspecified atom stereocenters. The van der Waals surface area contributed by atoms with E-state index < -0.39 is 0 Å². The van der Waals surface area contributed by atoms with Crippen LogP contribution in [0.4, 0.5) is 0 Å². The Morgan fingerprint density at radius 2 is 1.66 bits per heavy atom. The Bertz CT molecular complexity index is 1010. The molecular weight excluding hydrogens is 398 g/mol. The Labute approximate surface area is 189 Å². The van der Waals surface area contributed by atoms with E-state index >= 15 is 0 Å². The van der Waals surface area contributed by atoms with Crippen LogP contribution in [0.15, 0.2) is 59.6 Å². The highest BCUT2D eigenvalue weighted by atomic mass is 16.2. The molecule has 0 aromatic heterocycles. The molecule has 2 atom stereocenters. The Morgan fingerprint density at radius 1 is 0.906 bits per heavy atom. The normalized spacial score (nSPS) is 26.4. The van der Waals surface area contributed by atoms with Gasteiger partial charge in [-0.15, -0.1) is 0 Å². The molecule has 0 radical (unpaired) electrons. The number of nitrogens with one attached hydrogen (secondary N) is 2. The zero-order valence-corrected chi connectivity index (χ0v) is 18.4. The Morgan fingerprint density at radius 3 is 2.47 bits per heavy atom. The predicted octanol–water partition coefficient (Wildman–Crippen LogP) is 4.24. The van der Waals surface area contributed by atoms with Crippen molar-refractivity contribution in [1.82, 2.24) is 10.6 Å². The number of aryl methyl sites for hydroxylation is 1. The first kappa shape index (κ1) is 20.9. The van der Waals surface area contributed by atoms with Gasteiger partial charge in [0.15, 0.2) is 0 Å². The van der Waals surface area contributed by atoms with Crippen LogP contribution in [0.1, 0.15) is 65.9 Å². The minimum atomic E-state index is -0.0206. The number of nitrogens with zero attached hydrogens (tertiary/aromatic N) is 1. The number of hydrogen-bond donors (Lipinski definition) is 2. The molecule has 2 amide bonds. The molecule has 5 rings (SSSR count). The molecule has 1 heterocycles. The number of fused-ring (bicyclic) bond motifs is 3. The second-order valence-electron chi connectivity index (χ2n) is 9.47. The molecule has 2 aliphatic carbocycles. The van der Waals surface area contributed by atoms with Gasteiger partial charge in [-0.25, -0.2) is 0 Å². The van der Waals surface area contributed by atoms with Gasteiger partial charge < -0.3 is 10.6 Å². The van der Waals surface area contributed by atoms with Crippen molar-refractivity contribution in [2.45, 2.75) is 56.9 Å². The fourth-order valence-electron chi connectivity index (χ4n) is 5.58. The summed E-state index contributed by atoms with van der Waals surface area (Å²) >= 11 is 0. The average molecular weight is 430 g/mol. The summed E-state index contributed by atoms with van der Waals surface area (Å²) in [5.74, 6) is 1.89. The maximum Gasteiger partial charge on any atom is 0.251 e. The molecule has 1 saturated carbocycles. The molecule has 166 valence electrons. The summed E-state index contributed by atoms with van der Waals surface area (Å²) in [5, 5.41) is 6.21. The van der Waals surface area contributed by atoms with E-state index in [9.17, 15) is 9.59 Å². The van der Waals surface area contributed by atoms with Gasteiger partial charge in [-0.1, -0.05) is 42.5 Å². The van der Waals surface area contributed by atoms with Crippen molar-refractivity contribution in [3.8, 4) is 0 Å². The summed E-state index contributed by atoms with van der Waals surface area (Å²) in [4.78, 5) is 30.0. The lowest BCUT2D eigenvalue weighted by atomic mass is 9.79. The van der Waals surface area contributed by atoms with Gasteiger partial charge >= 0.3 is 0 Å². The summed E-state index contributed by atoms with van der Waals surface area (Å²) < 4.78 is 0. The van der Waals surface area contributed by atoms with E-state index in [1.165, 1.54) is 11.1 Å². The highest BCUT2D eigenvalue weighted by Crippen LogP contribution is 2.39. The fraction of sp³-hybridized carbons (Fsp3) is 0.444. The highest BCUT2D eigenvalue weighted by Gasteiger charge is 2.36. The molecule has 2 N–H and O–H groups in total. The summed E-state index contributed by atoms with van der Waals surface area (Å²) in [5.41, 5.74) is 3.55. The molecule has 0 bridgehead atoms. The van der Waals surface area contributed by atoms with Crippen LogP contribution in [0.25, 0.3) is 0 Å². The first-order valence-electron chi connectivity index (χ1n) is 12.0. The van der Waals surface area contributed by atoms with E-state index in [1.54, 1.807) is 0 Å².